The van der Waals surface area contributed by atoms with E-state index in [0.29, 0.717) is 17.7 Å². The molecule has 2 amide bonds. The number of aliphatic carboxylic acids is 2. The number of rotatable bonds is 11. The molecule has 39 heavy (non-hydrogen) atoms. The number of carboxylic acids is 2. The highest BCUT2D eigenvalue weighted by Crippen LogP contribution is 2.34. The minimum absolute atomic E-state index is 0.0832. The second-order valence-corrected chi connectivity index (χ2v) is 9.29. The molecule has 1 aliphatic heterocycles. The molecule has 0 radical (unpaired) electrons. The van der Waals surface area contributed by atoms with E-state index < -0.39 is 18.0 Å². The molecule has 0 spiro atoms. The van der Waals surface area contributed by atoms with Gasteiger partial charge in [0.25, 0.3) is 11.8 Å². The lowest BCUT2D eigenvalue weighted by Crippen LogP contribution is -2.35. The number of aromatic nitrogens is 1. The highest BCUT2D eigenvalue weighted by molar-refractivity contribution is 6.35. The van der Waals surface area contributed by atoms with Gasteiger partial charge in [-0.3, -0.25) is 14.4 Å². The molecule has 11 nitrogen and oxygen atoms in total. The van der Waals surface area contributed by atoms with Crippen LogP contribution in [0.15, 0.2) is 18.2 Å². The Kier molecular flexibility index (Phi) is 11.4. The maximum absolute atomic E-state index is 12.8. The topological polar surface area (TPSA) is 172 Å². The largest absolute Gasteiger partial charge is 0.481 e. The molecule has 0 saturated heterocycles. The van der Waals surface area contributed by atoms with E-state index >= 15 is 0 Å². The summed E-state index contributed by atoms with van der Waals surface area (Å²) < 4.78 is 0. The third-order valence-corrected chi connectivity index (χ3v) is 6.47. The molecule has 0 bridgehead atoms. The Balaban J connectivity index is 0.000000455. The number of carboxylic acid groups (broad SMARTS) is 2. The van der Waals surface area contributed by atoms with E-state index in [1.165, 1.54) is 0 Å². The molecule has 1 aromatic carbocycles. The Bertz CT molecular complexity index is 1240. The van der Waals surface area contributed by atoms with Crippen LogP contribution in [0.4, 0.5) is 5.69 Å². The molecule has 1 atom stereocenters. The number of carbonyl (C=O) groups excluding carboxylic acids is 2. The van der Waals surface area contributed by atoms with Crippen molar-refractivity contribution in [3.8, 4) is 0 Å². The summed E-state index contributed by atoms with van der Waals surface area (Å²) in [6, 6.07) is 5.91. The molecule has 2 heterocycles. The molecule has 0 fully saturated rings. The summed E-state index contributed by atoms with van der Waals surface area (Å²) in [5, 5.41) is 30.5. The third kappa shape index (κ3) is 8.52. The highest BCUT2D eigenvalue weighted by atomic mass is 16.4. The van der Waals surface area contributed by atoms with Gasteiger partial charge in [-0.1, -0.05) is 25.5 Å². The number of hydrogen-bond donors (Lipinski definition) is 6. The lowest BCUT2D eigenvalue weighted by atomic mass is 10.0. The fraction of sp³-hybridized carbons (Fsp3) is 0.429. The van der Waals surface area contributed by atoms with Gasteiger partial charge in [-0.05, 0) is 64.1 Å². The number of carbonyl (C=O) groups is 4. The smallest absolute Gasteiger partial charge is 0.332 e. The molecule has 1 aromatic heterocycles. The fourth-order valence-corrected chi connectivity index (χ4v) is 4.19. The van der Waals surface area contributed by atoms with Gasteiger partial charge in [0.05, 0.1) is 11.1 Å². The van der Waals surface area contributed by atoms with E-state index in [4.69, 9.17) is 15.3 Å². The molecular weight excluding hydrogens is 504 g/mol. The van der Waals surface area contributed by atoms with Crippen LogP contribution in [0.1, 0.15) is 65.1 Å². The van der Waals surface area contributed by atoms with Crippen LogP contribution in [0.2, 0.25) is 0 Å². The maximum atomic E-state index is 12.8. The van der Waals surface area contributed by atoms with Gasteiger partial charge in [0.2, 0.25) is 0 Å². The van der Waals surface area contributed by atoms with E-state index in [1.807, 2.05) is 45.0 Å². The fourth-order valence-electron chi connectivity index (χ4n) is 4.19. The first-order valence-electron chi connectivity index (χ1n) is 12.9. The monoisotopic (exact) mass is 542 g/mol. The normalized spacial score (nSPS) is 13.9. The minimum Gasteiger partial charge on any atom is -0.481 e. The van der Waals surface area contributed by atoms with Gasteiger partial charge in [-0.15, -0.1) is 0 Å². The van der Waals surface area contributed by atoms with Gasteiger partial charge in [-0.25, -0.2) is 4.79 Å². The van der Waals surface area contributed by atoms with Crippen molar-refractivity contribution in [2.75, 3.05) is 31.5 Å². The van der Waals surface area contributed by atoms with E-state index in [9.17, 15) is 19.2 Å². The van der Waals surface area contributed by atoms with Gasteiger partial charge in [0.15, 0.2) is 6.10 Å². The lowest BCUT2D eigenvalue weighted by molar-refractivity contribution is -0.147. The van der Waals surface area contributed by atoms with Crippen LogP contribution in [0, 0.1) is 20.8 Å². The van der Waals surface area contributed by atoms with Crippen LogP contribution in [0.25, 0.3) is 11.6 Å². The number of aromatic amines is 1. The van der Waals surface area contributed by atoms with Crippen molar-refractivity contribution in [1.82, 2.24) is 15.2 Å². The predicted octanol–water partition coefficient (Wildman–Crippen LogP) is 2.80. The van der Waals surface area contributed by atoms with Crippen LogP contribution < -0.4 is 10.6 Å². The molecule has 1 aliphatic rings. The average molecular weight is 543 g/mol. The first kappa shape index (κ1) is 31.3. The predicted molar refractivity (Wildman–Crippen MR) is 149 cm³/mol. The Morgan fingerprint density at radius 1 is 1.10 bits per heavy atom. The lowest BCUT2D eigenvalue weighted by Gasteiger charge is -2.18. The zero-order chi connectivity index (χ0) is 29.3. The number of likely N-dealkylation sites (N-methyl/N-ethyl adjacent to an activating group) is 1. The third-order valence-electron chi connectivity index (χ3n) is 6.47. The van der Waals surface area contributed by atoms with E-state index in [-0.39, 0.29) is 24.7 Å². The van der Waals surface area contributed by atoms with Gasteiger partial charge in [0.1, 0.15) is 0 Å². The number of aliphatic hydroxyl groups is 1. The standard InChI is InChI=1S/C23H30N4O2.C5H8O5/c1-6-27(7-2)11-10-24-23(29)21-15(4)20(25-16(21)5)13-18-17-12-14(3)8-9-19(17)26-22(18)28;6-3(5(9)10)1-2-4(7)8/h8-9,12-13,25H,6-7,10-11H2,1-5H3,(H,24,29)(H,26,28);3,6H,1-2H2,(H,7,8)(H,9,10)/b18-13+;. The highest BCUT2D eigenvalue weighted by Gasteiger charge is 2.25. The Labute approximate surface area is 227 Å². The SMILES string of the molecule is CCN(CC)CCNC(=O)c1c(C)[nH]c(/C=C2/C(=O)Nc3ccc(C)cc32)c1C.O=C(O)CCC(O)C(=O)O. The van der Waals surface area contributed by atoms with Crippen molar-refractivity contribution in [2.24, 2.45) is 0 Å². The van der Waals surface area contributed by atoms with Gasteiger partial charge in [-0.2, -0.15) is 0 Å². The Hall–Kier alpha value is -3.96. The van der Waals surface area contributed by atoms with Crippen LogP contribution in [0.5, 0.6) is 0 Å². The van der Waals surface area contributed by atoms with Crippen molar-refractivity contribution < 1.29 is 34.5 Å². The van der Waals surface area contributed by atoms with Gasteiger partial charge in [0, 0.05) is 42.1 Å². The summed E-state index contributed by atoms with van der Waals surface area (Å²) in [5.74, 6) is -2.70. The van der Waals surface area contributed by atoms with E-state index in [2.05, 4.69) is 34.4 Å². The summed E-state index contributed by atoms with van der Waals surface area (Å²) in [4.78, 5) is 50.5. The molecule has 11 heteroatoms. The summed E-state index contributed by atoms with van der Waals surface area (Å²) in [7, 11) is 0. The molecule has 0 saturated carbocycles. The first-order chi connectivity index (χ1) is 18.4. The Morgan fingerprint density at radius 3 is 2.36 bits per heavy atom. The van der Waals surface area contributed by atoms with Crippen LogP contribution in [0.3, 0.4) is 0 Å². The molecule has 212 valence electrons. The van der Waals surface area contributed by atoms with Gasteiger partial charge < -0.3 is 35.8 Å². The number of H-pyrrole nitrogens is 1. The second-order valence-electron chi connectivity index (χ2n) is 9.29. The van der Waals surface area contributed by atoms with Gasteiger partial charge >= 0.3 is 11.9 Å². The zero-order valence-corrected chi connectivity index (χ0v) is 23.1. The number of benzene rings is 1. The zero-order valence-electron chi connectivity index (χ0n) is 23.1. The van der Waals surface area contributed by atoms with E-state index in [0.717, 1.165) is 53.4 Å². The second kappa shape index (κ2) is 14.3. The molecule has 1 unspecified atom stereocenters. The summed E-state index contributed by atoms with van der Waals surface area (Å²) >= 11 is 0. The number of fused-ring (bicyclic) bond motifs is 1. The molecule has 0 aliphatic carbocycles. The number of aliphatic hydroxyl groups excluding tert-OH is 1. The number of aryl methyl sites for hydroxylation is 2. The molecule has 3 rings (SSSR count). The minimum atomic E-state index is -1.56. The van der Waals surface area contributed by atoms with E-state index in [1.54, 1.807) is 0 Å². The van der Waals surface area contributed by atoms with Crippen molar-refractivity contribution in [2.45, 2.75) is 53.6 Å². The van der Waals surface area contributed by atoms with Crippen LogP contribution in [-0.4, -0.2) is 81.2 Å². The van der Waals surface area contributed by atoms with Crippen molar-refractivity contribution in [3.63, 3.8) is 0 Å². The number of hydrogen-bond acceptors (Lipinski definition) is 6. The molecule has 2 aromatic rings. The van der Waals surface area contributed by atoms with Crippen molar-refractivity contribution >= 4 is 41.1 Å². The molecular formula is C28H38N4O7. The van der Waals surface area contributed by atoms with Crippen LogP contribution in [-0.2, 0) is 14.4 Å². The van der Waals surface area contributed by atoms with Crippen molar-refractivity contribution in [1.29, 1.82) is 0 Å². The summed E-state index contributed by atoms with van der Waals surface area (Å²) in [6.45, 7) is 13.4. The number of anilines is 1. The number of nitrogens with zero attached hydrogens (tertiary/aromatic N) is 1. The Morgan fingerprint density at radius 2 is 1.77 bits per heavy atom. The summed E-state index contributed by atoms with van der Waals surface area (Å²) in [5.41, 5.74) is 6.52. The summed E-state index contributed by atoms with van der Waals surface area (Å²) in [6.07, 6.45) is -0.288. The number of nitrogens with one attached hydrogen (secondary N) is 3. The maximum Gasteiger partial charge on any atom is 0.332 e. The molecule has 6 N–H and O–H groups in total. The van der Waals surface area contributed by atoms with Crippen molar-refractivity contribution in [3.05, 3.63) is 51.8 Å². The van der Waals surface area contributed by atoms with Crippen LogP contribution >= 0.6 is 0 Å². The quantitative estimate of drug-likeness (QED) is 0.235. The first-order valence-corrected chi connectivity index (χ1v) is 12.9. The number of amides is 2. The average Bonchev–Trinajstić information content (AvgIpc) is 3.34.